The molecule has 2 heterocycles. The van der Waals surface area contributed by atoms with Crippen LogP contribution >= 0.6 is 0 Å². The zero-order chi connectivity index (χ0) is 9.97. The molecule has 0 aliphatic carbocycles. The lowest BCUT2D eigenvalue weighted by atomic mass is 10.1. The Morgan fingerprint density at radius 2 is 2.64 bits per heavy atom. The minimum absolute atomic E-state index is 0.193. The van der Waals surface area contributed by atoms with Gasteiger partial charge in [-0.3, -0.25) is 10.1 Å². The second kappa shape index (κ2) is 3.79. The maximum Gasteiger partial charge on any atom is 0.323 e. The van der Waals surface area contributed by atoms with Crippen molar-refractivity contribution in [3.63, 3.8) is 0 Å². The number of hydrogen-bond donors (Lipinski definition) is 2. The quantitative estimate of drug-likeness (QED) is 0.651. The molecule has 0 radical (unpaired) electrons. The Kier molecular flexibility index (Phi) is 2.49. The minimum atomic E-state index is -0.245. The van der Waals surface area contributed by atoms with Crippen LogP contribution in [0.4, 0.5) is 0 Å². The summed E-state index contributed by atoms with van der Waals surface area (Å²) in [5.74, 6) is -0.193. The van der Waals surface area contributed by atoms with Gasteiger partial charge < -0.3 is 9.72 Å². The summed E-state index contributed by atoms with van der Waals surface area (Å²) >= 11 is 0. The lowest BCUT2D eigenvalue weighted by Crippen LogP contribution is -2.42. The molecule has 14 heavy (non-hydrogen) atoms. The van der Waals surface area contributed by atoms with Gasteiger partial charge in [0, 0.05) is 13.0 Å². The highest BCUT2D eigenvalue weighted by Crippen LogP contribution is 2.12. The fraction of sp³-hybridized carbons (Fsp3) is 0.556. The number of nitrogens with zero attached hydrogens (tertiary/aromatic N) is 1. The van der Waals surface area contributed by atoms with Gasteiger partial charge in [-0.05, 0) is 6.92 Å². The topological polar surface area (TPSA) is 67.0 Å². The highest BCUT2D eigenvalue weighted by atomic mass is 16.5. The zero-order valence-electron chi connectivity index (χ0n) is 8.04. The standard InChI is InChI=1S/C9H13N3O2/c1-2-14-9(13)7-3-6-8(4-10-7)12-5-11-6/h5,7,10H,2-4H2,1H3,(H,11,12)/t7-/m0/s1. The van der Waals surface area contributed by atoms with Gasteiger partial charge in [-0.15, -0.1) is 0 Å². The van der Waals surface area contributed by atoms with Gasteiger partial charge in [-0.1, -0.05) is 0 Å². The molecule has 5 nitrogen and oxygen atoms in total. The number of carbonyl (C=O) groups excluding carboxylic acids is 1. The van der Waals surface area contributed by atoms with E-state index in [9.17, 15) is 4.79 Å². The zero-order valence-corrected chi connectivity index (χ0v) is 8.04. The molecule has 1 atom stereocenters. The van der Waals surface area contributed by atoms with Crippen molar-refractivity contribution in [2.24, 2.45) is 0 Å². The summed E-state index contributed by atoms with van der Waals surface area (Å²) in [4.78, 5) is 18.6. The molecule has 2 rings (SSSR count). The number of aromatic amines is 1. The SMILES string of the molecule is CCOC(=O)[C@@H]1Cc2nc[nH]c2CN1. The molecule has 0 spiro atoms. The average Bonchev–Trinajstić information content (AvgIpc) is 2.64. The molecule has 1 aromatic rings. The number of aromatic nitrogens is 2. The number of ether oxygens (including phenoxy) is 1. The molecule has 0 aromatic carbocycles. The van der Waals surface area contributed by atoms with E-state index in [2.05, 4.69) is 15.3 Å². The molecular weight excluding hydrogens is 182 g/mol. The molecule has 0 saturated heterocycles. The Bertz CT molecular complexity index is 335. The van der Waals surface area contributed by atoms with E-state index in [0.29, 0.717) is 19.6 Å². The van der Waals surface area contributed by atoms with Crippen molar-refractivity contribution in [3.8, 4) is 0 Å². The molecule has 0 bridgehead atoms. The number of fused-ring (bicyclic) bond motifs is 1. The number of H-pyrrole nitrogens is 1. The van der Waals surface area contributed by atoms with Crippen LogP contribution in [-0.4, -0.2) is 28.6 Å². The number of nitrogens with one attached hydrogen (secondary N) is 2. The maximum absolute atomic E-state index is 11.4. The first-order chi connectivity index (χ1) is 6.81. The third-order valence-electron chi connectivity index (χ3n) is 2.30. The summed E-state index contributed by atoms with van der Waals surface area (Å²) in [6.45, 7) is 2.88. The Labute approximate surface area is 81.9 Å². The second-order valence-electron chi connectivity index (χ2n) is 3.22. The molecule has 0 amide bonds. The van der Waals surface area contributed by atoms with Crippen LogP contribution in [0.15, 0.2) is 6.33 Å². The first-order valence-electron chi connectivity index (χ1n) is 4.72. The van der Waals surface area contributed by atoms with Gasteiger partial charge in [-0.25, -0.2) is 4.98 Å². The molecule has 5 heteroatoms. The second-order valence-corrected chi connectivity index (χ2v) is 3.22. The van der Waals surface area contributed by atoms with Gasteiger partial charge in [-0.2, -0.15) is 0 Å². The highest BCUT2D eigenvalue weighted by Gasteiger charge is 2.26. The van der Waals surface area contributed by atoms with Crippen molar-refractivity contribution < 1.29 is 9.53 Å². The fourth-order valence-corrected chi connectivity index (χ4v) is 1.58. The Balaban J connectivity index is 2.04. The van der Waals surface area contributed by atoms with Crippen LogP contribution in [0.25, 0.3) is 0 Å². The van der Waals surface area contributed by atoms with Crippen LogP contribution in [0, 0.1) is 0 Å². The summed E-state index contributed by atoms with van der Waals surface area (Å²) in [7, 11) is 0. The van der Waals surface area contributed by atoms with Gasteiger partial charge in [0.15, 0.2) is 0 Å². The fourth-order valence-electron chi connectivity index (χ4n) is 1.58. The Morgan fingerprint density at radius 3 is 3.43 bits per heavy atom. The monoisotopic (exact) mass is 195 g/mol. The van der Waals surface area contributed by atoms with Crippen molar-refractivity contribution in [2.45, 2.75) is 25.9 Å². The molecule has 0 unspecified atom stereocenters. The highest BCUT2D eigenvalue weighted by molar-refractivity contribution is 5.76. The van der Waals surface area contributed by atoms with E-state index in [4.69, 9.17) is 4.74 Å². The van der Waals surface area contributed by atoms with Crippen molar-refractivity contribution in [3.05, 3.63) is 17.7 Å². The van der Waals surface area contributed by atoms with Crippen LogP contribution in [-0.2, 0) is 22.5 Å². The number of imidazole rings is 1. The van der Waals surface area contributed by atoms with Crippen LogP contribution in [0.2, 0.25) is 0 Å². The summed E-state index contributed by atoms with van der Waals surface area (Å²) < 4.78 is 4.93. The first-order valence-corrected chi connectivity index (χ1v) is 4.72. The van der Waals surface area contributed by atoms with Crippen molar-refractivity contribution >= 4 is 5.97 Å². The van der Waals surface area contributed by atoms with Gasteiger partial charge in [0.05, 0.1) is 24.3 Å². The van der Waals surface area contributed by atoms with Crippen LogP contribution in [0.3, 0.4) is 0 Å². The van der Waals surface area contributed by atoms with Crippen LogP contribution in [0.5, 0.6) is 0 Å². The molecule has 1 aliphatic heterocycles. The van der Waals surface area contributed by atoms with Crippen molar-refractivity contribution in [1.29, 1.82) is 0 Å². The molecule has 1 aromatic heterocycles. The predicted molar refractivity (Wildman–Crippen MR) is 49.6 cm³/mol. The molecule has 2 N–H and O–H groups in total. The number of rotatable bonds is 2. The normalized spacial score (nSPS) is 20.2. The number of carbonyl (C=O) groups is 1. The van der Waals surface area contributed by atoms with E-state index in [1.165, 1.54) is 0 Å². The maximum atomic E-state index is 11.4. The van der Waals surface area contributed by atoms with E-state index >= 15 is 0 Å². The van der Waals surface area contributed by atoms with Crippen LogP contribution in [0.1, 0.15) is 18.3 Å². The summed E-state index contributed by atoms with van der Waals surface area (Å²) in [5.41, 5.74) is 2.02. The van der Waals surface area contributed by atoms with Gasteiger partial charge in [0.25, 0.3) is 0 Å². The van der Waals surface area contributed by atoms with Gasteiger partial charge in [0.2, 0.25) is 0 Å². The summed E-state index contributed by atoms with van der Waals surface area (Å²) in [6, 6.07) is -0.245. The number of hydrogen-bond acceptors (Lipinski definition) is 4. The largest absolute Gasteiger partial charge is 0.465 e. The van der Waals surface area contributed by atoms with E-state index in [-0.39, 0.29) is 12.0 Å². The predicted octanol–water partition coefficient (Wildman–Crippen LogP) is -0.0129. The van der Waals surface area contributed by atoms with Crippen LogP contribution < -0.4 is 5.32 Å². The molecule has 0 saturated carbocycles. The molecule has 1 aliphatic rings. The lowest BCUT2D eigenvalue weighted by Gasteiger charge is -2.20. The Hall–Kier alpha value is -1.36. The van der Waals surface area contributed by atoms with E-state index in [0.717, 1.165) is 11.4 Å². The van der Waals surface area contributed by atoms with E-state index in [1.807, 2.05) is 0 Å². The molecule has 0 fully saturated rings. The first kappa shape index (κ1) is 9.21. The Morgan fingerprint density at radius 1 is 1.79 bits per heavy atom. The third-order valence-corrected chi connectivity index (χ3v) is 2.30. The third kappa shape index (κ3) is 1.63. The summed E-state index contributed by atoms with van der Waals surface area (Å²) in [6.07, 6.45) is 2.26. The summed E-state index contributed by atoms with van der Waals surface area (Å²) in [5, 5.41) is 3.10. The lowest BCUT2D eigenvalue weighted by molar-refractivity contribution is -0.145. The molecular formula is C9H13N3O2. The van der Waals surface area contributed by atoms with Gasteiger partial charge >= 0.3 is 5.97 Å². The van der Waals surface area contributed by atoms with Crippen molar-refractivity contribution in [2.75, 3.05) is 6.61 Å². The van der Waals surface area contributed by atoms with Crippen molar-refractivity contribution in [1.82, 2.24) is 15.3 Å². The van der Waals surface area contributed by atoms with E-state index in [1.54, 1.807) is 13.3 Å². The minimum Gasteiger partial charge on any atom is -0.465 e. The van der Waals surface area contributed by atoms with E-state index < -0.39 is 0 Å². The van der Waals surface area contributed by atoms with Gasteiger partial charge in [0.1, 0.15) is 6.04 Å². The average molecular weight is 195 g/mol. The number of esters is 1. The molecule has 76 valence electrons. The smallest absolute Gasteiger partial charge is 0.323 e.